The molecule has 1 unspecified atom stereocenters. The summed E-state index contributed by atoms with van der Waals surface area (Å²) in [6.07, 6.45) is 1.77. The van der Waals surface area contributed by atoms with Gasteiger partial charge in [-0.15, -0.1) is 0 Å². The van der Waals surface area contributed by atoms with Gasteiger partial charge in [-0.05, 0) is 32.4 Å². The van der Waals surface area contributed by atoms with E-state index in [1.807, 2.05) is 0 Å². The van der Waals surface area contributed by atoms with Gasteiger partial charge in [-0.3, -0.25) is 9.89 Å². The van der Waals surface area contributed by atoms with Crippen molar-refractivity contribution in [1.29, 1.82) is 0 Å². The molecular formula is C16H30F3N5. The van der Waals surface area contributed by atoms with E-state index < -0.39 is 12.7 Å². The van der Waals surface area contributed by atoms with Gasteiger partial charge in [0.1, 0.15) is 0 Å². The SMILES string of the molecule is CN=C(NCCN1CCCCCC1)NC1CCN(CC(F)(F)F)C1. The van der Waals surface area contributed by atoms with Crippen molar-refractivity contribution in [2.45, 2.75) is 44.3 Å². The maximum absolute atomic E-state index is 12.4. The van der Waals surface area contributed by atoms with Gasteiger partial charge in [-0.1, -0.05) is 12.8 Å². The van der Waals surface area contributed by atoms with E-state index in [1.165, 1.54) is 30.6 Å². The first-order chi connectivity index (χ1) is 11.5. The van der Waals surface area contributed by atoms with Crippen LogP contribution in [0.5, 0.6) is 0 Å². The Morgan fingerprint density at radius 1 is 1.08 bits per heavy atom. The van der Waals surface area contributed by atoms with Crippen molar-refractivity contribution in [3.63, 3.8) is 0 Å². The minimum Gasteiger partial charge on any atom is -0.355 e. The van der Waals surface area contributed by atoms with Gasteiger partial charge in [0.05, 0.1) is 6.54 Å². The van der Waals surface area contributed by atoms with Crippen molar-refractivity contribution in [1.82, 2.24) is 20.4 Å². The van der Waals surface area contributed by atoms with Gasteiger partial charge in [0, 0.05) is 39.3 Å². The molecular weight excluding hydrogens is 319 g/mol. The Labute approximate surface area is 142 Å². The predicted molar refractivity (Wildman–Crippen MR) is 90.3 cm³/mol. The van der Waals surface area contributed by atoms with Gasteiger partial charge < -0.3 is 15.5 Å². The van der Waals surface area contributed by atoms with Gasteiger partial charge in [0.2, 0.25) is 0 Å². The number of aliphatic imine (C=N–C) groups is 1. The zero-order chi connectivity index (χ0) is 17.4. The first-order valence-corrected chi connectivity index (χ1v) is 8.95. The molecule has 2 aliphatic heterocycles. The summed E-state index contributed by atoms with van der Waals surface area (Å²) in [6, 6.07) is 0.0248. The van der Waals surface area contributed by atoms with Crippen LogP contribution in [0.1, 0.15) is 32.1 Å². The third-order valence-electron chi connectivity index (χ3n) is 4.66. The van der Waals surface area contributed by atoms with Gasteiger partial charge >= 0.3 is 6.18 Å². The predicted octanol–water partition coefficient (Wildman–Crippen LogP) is 1.66. The van der Waals surface area contributed by atoms with Gasteiger partial charge in [0.15, 0.2) is 5.96 Å². The average molecular weight is 349 g/mol. The van der Waals surface area contributed by atoms with E-state index in [2.05, 4.69) is 20.5 Å². The van der Waals surface area contributed by atoms with Crippen LogP contribution in [0.25, 0.3) is 0 Å². The van der Waals surface area contributed by atoms with Crippen LogP contribution in [-0.2, 0) is 0 Å². The molecule has 0 spiro atoms. The van der Waals surface area contributed by atoms with E-state index in [1.54, 1.807) is 7.05 Å². The molecule has 0 amide bonds. The molecule has 8 heteroatoms. The average Bonchev–Trinajstić information content (AvgIpc) is 2.77. The molecule has 0 radical (unpaired) electrons. The number of halogens is 3. The Morgan fingerprint density at radius 3 is 2.42 bits per heavy atom. The lowest BCUT2D eigenvalue weighted by atomic mass is 10.2. The molecule has 2 saturated heterocycles. The molecule has 5 nitrogen and oxygen atoms in total. The molecule has 0 aromatic heterocycles. The van der Waals surface area contributed by atoms with E-state index in [9.17, 15) is 13.2 Å². The number of hydrogen-bond donors (Lipinski definition) is 2. The highest BCUT2D eigenvalue weighted by Gasteiger charge is 2.34. The number of nitrogens with one attached hydrogen (secondary N) is 2. The molecule has 0 bridgehead atoms. The molecule has 0 saturated carbocycles. The molecule has 2 fully saturated rings. The van der Waals surface area contributed by atoms with Gasteiger partial charge in [-0.25, -0.2) is 0 Å². The molecule has 1 atom stereocenters. The van der Waals surface area contributed by atoms with Crippen LogP contribution < -0.4 is 10.6 Å². The number of nitrogens with zero attached hydrogens (tertiary/aromatic N) is 3. The maximum atomic E-state index is 12.4. The normalized spacial score (nSPS) is 24.8. The molecule has 24 heavy (non-hydrogen) atoms. The molecule has 2 heterocycles. The Bertz CT molecular complexity index is 392. The fourth-order valence-corrected chi connectivity index (χ4v) is 3.43. The second kappa shape index (κ2) is 9.46. The van der Waals surface area contributed by atoms with Crippen molar-refractivity contribution in [3.8, 4) is 0 Å². The molecule has 2 aliphatic rings. The highest BCUT2D eigenvalue weighted by atomic mass is 19.4. The Hall–Kier alpha value is -1.02. The number of rotatable bonds is 5. The fourth-order valence-electron chi connectivity index (χ4n) is 3.43. The topological polar surface area (TPSA) is 42.9 Å². The van der Waals surface area contributed by atoms with Crippen molar-refractivity contribution < 1.29 is 13.2 Å². The molecule has 2 N–H and O–H groups in total. The summed E-state index contributed by atoms with van der Waals surface area (Å²) in [5.74, 6) is 0.684. The fraction of sp³-hybridized carbons (Fsp3) is 0.938. The quantitative estimate of drug-likeness (QED) is 0.585. The monoisotopic (exact) mass is 349 g/mol. The van der Waals surface area contributed by atoms with Crippen molar-refractivity contribution in [3.05, 3.63) is 0 Å². The standard InChI is InChI=1S/C16H30F3N5/c1-20-15(21-7-11-23-8-4-2-3-5-9-23)22-14-6-10-24(12-14)13-16(17,18)19/h14H,2-13H2,1H3,(H2,20,21,22). The summed E-state index contributed by atoms with van der Waals surface area (Å²) in [6.45, 7) is 4.15. The number of likely N-dealkylation sites (tertiary alicyclic amines) is 2. The van der Waals surface area contributed by atoms with Crippen LogP contribution in [0.15, 0.2) is 4.99 Å². The summed E-state index contributed by atoms with van der Waals surface area (Å²) in [5, 5.41) is 6.53. The molecule has 0 aromatic rings. The Balaban J connectivity index is 1.65. The first kappa shape index (κ1) is 19.3. The van der Waals surface area contributed by atoms with Crippen molar-refractivity contribution in [2.75, 3.05) is 52.9 Å². The van der Waals surface area contributed by atoms with Crippen molar-refractivity contribution in [2.24, 2.45) is 4.99 Å². The number of hydrogen-bond acceptors (Lipinski definition) is 3. The highest BCUT2D eigenvalue weighted by molar-refractivity contribution is 5.80. The van der Waals surface area contributed by atoms with Gasteiger partial charge in [-0.2, -0.15) is 13.2 Å². The summed E-state index contributed by atoms with van der Waals surface area (Å²) >= 11 is 0. The lowest BCUT2D eigenvalue weighted by Crippen LogP contribution is -2.47. The first-order valence-electron chi connectivity index (χ1n) is 8.95. The smallest absolute Gasteiger partial charge is 0.355 e. The molecule has 2 rings (SSSR count). The van der Waals surface area contributed by atoms with Crippen LogP contribution >= 0.6 is 0 Å². The zero-order valence-corrected chi connectivity index (χ0v) is 14.5. The van der Waals surface area contributed by atoms with Gasteiger partial charge in [0.25, 0.3) is 0 Å². The van der Waals surface area contributed by atoms with Crippen LogP contribution in [0.2, 0.25) is 0 Å². The molecule has 0 aliphatic carbocycles. The van der Waals surface area contributed by atoms with Crippen molar-refractivity contribution >= 4 is 5.96 Å². The van der Waals surface area contributed by atoms with E-state index in [0.717, 1.165) is 26.2 Å². The Kier molecular flexibility index (Phi) is 7.61. The third-order valence-corrected chi connectivity index (χ3v) is 4.66. The lowest BCUT2D eigenvalue weighted by molar-refractivity contribution is -0.143. The number of alkyl halides is 3. The van der Waals surface area contributed by atoms with E-state index in [0.29, 0.717) is 25.5 Å². The van der Waals surface area contributed by atoms with Crippen LogP contribution in [0, 0.1) is 0 Å². The second-order valence-electron chi connectivity index (χ2n) is 6.74. The minimum absolute atomic E-state index is 0.0248. The highest BCUT2D eigenvalue weighted by Crippen LogP contribution is 2.19. The molecule has 140 valence electrons. The maximum Gasteiger partial charge on any atom is 0.401 e. The zero-order valence-electron chi connectivity index (χ0n) is 14.5. The van der Waals surface area contributed by atoms with Crippen LogP contribution in [-0.4, -0.2) is 80.8 Å². The van der Waals surface area contributed by atoms with Crippen LogP contribution in [0.3, 0.4) is 0 Å². The second-order valence-corrected chi connectivity index (χ2v) is 6.74. The van der Waals surface area contributed by atoms with E-state index >= 15 is 0 Å². The van der Waals surface area contributed by atoms with Crippen LogP contribution in [0.4, 0.5) is 13.2 Å². The number of guanidine groups is 1. The van der Waals surface area contributed by atoms with E-state index in [4.69, 9.17) is 0 Å². The molecule has 0 aromatic carbocycles. The third kappa shape index (κ3) is 7.25. The summed E-state index contributed by atoms with van der Waals surface area (Å²) < 4.78 is 37.3. The summed E-state index contributed by atoms with van der Waals surface area (Å²) in [4.78, 5) is 8.10. The summed E-state index contributed by atoms with van der Waals surface area (Å²) in [5.41, 5.74) is 0. The largest absolute Gasteiger partial charge is 0.401 e. The summed E-state index contributed by atoms with van der Waals surface area (Å²) in [7, 11) is 1.70. The Morgan fingerprint density at radius 2 is 1.79 bits per heavy atom. The minimum atomic E-state index is -4.12. The van der Waals surface area contributed by atoms with E-state index in [-0.39, 0.29) is 6.04 Å². The lowest BCUT2D eigenvalue weighted by Gasteiger charge is -2.22.